The van der Waals surface area contributed by atoms with Crippen LogP contribution in [0.15, 0.2) is 36.5 Å². The number of nitrogens with one attached hydrogen (secondary N) is 1. The number of hydrogen-bond acceptors (Lipinski definition) is 4. The minimum Gasteiger partial charge on any atom is -0.272 e. The molecule has 2 aromatic heterocycles. The van der Waals surface area contributed by atoms with Gasteiger partial charge < -0.3 is 0 Å². The van der Waals surface area contributed by atoms with Crippen molar-refractivity contribution >= 4 is 10.9 Å². The smallest absolute Gasteiger partial charge is 0.0752 e. The van der Waals surface area contributed by atoms with E-state index in [-0.39, 0.29) is 6.04 Å². The van der Waals surface area contributed by atoms with Crippen LogP contribution in [0.4, 0.5) is 0 Å². The fraction of sp³-hybridized carbons (Fsp3) is 0.250. The van der Waals surface area contributed by atoms with Crippen LogP contribution in [0.3, 0.4) is 0 Å². The van der Waals surface area contributed by atoms with Crippen LogP contribution in [0.1, 0.15) is 28.6 Å². The number of hydrogen-bond donors (Lipinski definition) is 2. The van der Waals surface area contributed by atoms with Crippen molar-refractivity contribution in [3.05, 3.63) is 59.0 Å². The van der Waals surface area contributed by atoms with Gasteiger partial charge in [0.1, 0.15) is 0 Å². The molecule has 5 nitrogen and oxygen atoms in total. The Labute approximate surface area is 123 Å². The zero-order valence-corrected chi connectivity index (χ0v) is 12.5. The third-order valence-corrected chi connectivity index (χ3v) is 4.01. The van der Waals surface area contributed by atoms with Gasteiger partial charge in [0.25, 0.3) is 0 Å². The number of benzene rings is 1. The number of aromatic nitrogens is 3. The molecular formula is C16H19N5. The molecule has 0 bridgehead atoms. The highest BCUT2D eigenvalue weighted by Crippen LogP contribution is 2.31. The highest BCUT2D eigenvalue weighted by atomic mass is 15.3. The van der Waals surface area contributed by atoms with Crippen LogP contribution in [0.5, 0.6) is 0 Å². The summed E-state index contributed by atoms with van der Waals surface area (Å²) in [6.45, 7) is 4.07. The van der Waals surface area contributed by atoms with E-state index in [1.165, 1.54) is 0 Å². The highest BCUT2D eigenvalue weighted by Gasteiger charge is 2.22. The number of nitrogens with two attached hydrogens (primary N) is 1. The molecule has 21 heavy (non-hydrogen) atoms. The van der Waals surface area contributed by atoms with Gasteiger partial charge in [-0.3, -0.25) is 15.5 Å². The summed E-state index contributed by atoms with van der Waals surface area (Å²) in [7, 11) is 1.95. The van der Waals surface area contributed by atoms with Gasteiger partial charge in [-0.25, -0.2) is 5.43 Å². The molecule has 1 unspecified atom stereocenters. The van der Waals surface area contributed by atoms with Crippen LogP contribution in [0.2, 0.25) is 0 Å². The molecule has 108 valence electrons. The van der Waals surface area contributed by atoms with E-state index < -0.39 is 0 Å². The summed E-state index contributed by atoms with van der Waals surface area (Å²) in [5.41, 5.74) is 8.24. The number of fused-ring (bicyclic) bond motifs is 1. The second-order valence-corrected chi connectivity index (χ2v) is 5.23. The van der Waals surface area contributed by atoms with Crippen molar-refractivity contribution in [2.24, 2.45) is 12.9 Å². The van der Waals surface area contributed by atoms with Gasteiger partial charge in [0.15, 0.2) is 0 Å². The monoisotopic (exact) mass is 281 g/mol. The maximum absolute atomic E-state index is 5.87. The van der Waals surface area contributed by atoms with Crippen molar-refractivity contribution in [2.45, 2.75) is 19.9 Å². The summed E-state index contributed by atoms with van der Waals surface area (Å²) in [4.78, 5) is 4.41. The standard InChI is InChI=1S/C16H19N5/c1-10-15(11(2)21(3)20-10)16(19-17)13-6-4-8-14-12(13)7-5-9-18-14/h4-9,16,19H,17H2,1-3H3. The molecule has 3 rings (SSSR count). The lowest BCUT2D eigenvalue weighted by molar-refractivity contribution is 0.632. The van der Waals surface area contributed by atoms with E-state index in [1.807, 2.05) is 36.9 Å². The second-order valence-electron chi connectivity index (χ2n) is 5.23. The molecule has 0 fully saturated rings. The molecule has 0 amide bonds. The molecule has 0 radical (unpaired) electrons. The maximum Gasteiger partial charge on any atom is 0.0752 e. The van der Waals surface area contributed by atoms with Crippen molar-refractivity contribution in [3.63, 3.8) is 0 Å². The van der Waals surface area contributed by atoms with E-state index in [2.05, 4.69) is 34.6 Å². The van der Waals surface area contributed by atoms with E-state index in [0.717, 1.165) is 33.4 Å². The number of pyridine rings is 1. The Kier molecular flexibility index (Phi) is 3.45. The van der Waals surface area contributed by atoms with Crippen molar-refractivity contribution in [1.29, 1.82) is 0 Å². The summed E-state index contributed by atoms with van der Waals surface area (Å²) in [6, 6.07) is 10.0. The van der Waals surface area contributed by atoms with Crippen molar-refractivity contribution in [2.75, 3.05) is 0 Å². The molecule has 5 heteroatoms. The Balaban J connectivity index is 2.23. The molecule has 0 saturated carbocycles. The van der Waals surface area contributed by atoms with Crippen molar-refractivity contribution in [1.82, 2.24) is 20.2 Å². The van der Waals surface area contributed by atoms with Gasteiger partial charge in [0.2, 0.25) is 0 Å². The first-order valence-corrected chi connectivity index (χ1v) is 6.93. The first kappa shape index (κ1) is 13.7. The van der Waals surface area contributed by atoms with E-state index in [4.69, 9.17) is 5.84 Å². The Morgan fingerprint density at radius 2 is 2.00 bits per heavy atom. The topological polar surface area (TPSA) is 68.8 Å². The third kappa shape index (κ3) is 2.20. The van der Waals surface area contributed by atoms with Crippen LogP contribution in [0.25, 0.3) is 10.9 Å². The molecule has 0 aliphatic carbocycles. The van der Waals surface area contributed by atoms with E-state index in [9.17, 15) is 0 Å². The van der Waals surface area contributed by atoms with Gasteiger partial charge in [-0.2, -0.15) is 5.10 Å². The van der Waals surface area contributed by atoms with Gasteiger partial charge in [0.05, 0.1) is 17.3 Å². The van der Waals surface area contributed by atoms with Crippen LogP contribution < -0.4 is 11.3 Å². The first-order valence-electron chi connectivity index (χ1n) is 6.93. The maximum atomic E-state index is 5.87. The number of nitrogens with zero attached hydrogens (tertiary/aromatic N) is 3. The van der Waals surface area contributed by atoms with E-state index in [0.29, 0.717) is 0 Å². The van der Waals surface area contributed by atoms with Crippen molar-refractivity contribution in [3.8, 4) is 0 Å². The Morgan fingerprint density at radius 1 is 1.19 bits per heavy atom. The quantitative estimate of drug-likeness (QED) is 0.570. The van der Waals surface area contributed by atoms with Crippen LogP contribution in [0, 0.1) is 13.8 Å². The minimum atomic E-state index is -0.105. The lowest BCUT2D eigenvalue weighted by atomic mass is 9.94. The molecule has 1 aromatic carbocycles. The Hall–Kier alpha value is -2.24. The zero-order valence-electron chi connectivity index (χ0n) is 12.5. The highest BCUT2D eigenvalue weighted by molar-refractivity contribution is 5.83. The third-order valence-electron chi connectivity index (χ3n) is 4.01. The summed E-state index contributed by atoms with van der Waals surface area (Å²) >= 11 is 0. The lowest BCUT2D eigenvalue weighted by Gasteiger charge is -2.19. The normalized spacial score (nSPS) is 12.8. The predicted molar refractivity (Wildman–Crippen MR) is 83.6 cm³/mol. The first-order chi connectivity index (χ1) is 10.1. The van der Waals surface area contributed by atoms with Gasteiger partial charge in [-0.05, 0) is 31.5 Å². The van der Waals surface area contributed by atoms with Crippen LogP contribution in [-0.2, 0) is 7.05 Å². The number of aryl methyl sites for hydroxylation is 2. The second kappa shape index (κ2) is 5.27. The average molecular weight is 281 g/mol. The van der Waals surface area contributed by atoms with Crippen molar-refractivity contribution < 1.29 is 0 Å². The molecule has 1 atom stereocenters. The number of hydrazine groups is 1. The molecule has 0 aliphatic heterocycles. The summed E-state index contributed by atoms with van der Waals surface area (Å²) < 4.78 is 1.89. The van der Waals surface area contributed by atoms with Gasteiger partial charge >= 0.3 is 0 Å². The van der Waals surface area contributed by atoms with Gasteiger partial charge in [-0.15, -0.1) is 0 Å². The molecule has 0 aliphatic rings. The van der Waals surface area contributed by atoms with Crippen LogP contribution in [-0.4, -0.2) is 14.8 Å². The average Bonchev–Trinajstić information content (AvgIpc) is 2.75. The zero-order chi connectivity index (χ0) is 15.0. The fourth-order valence-corrected chi connectivity index (χ4v) is 2.92. The molecule has 3 N–H and O–H groups in total. The lowest BCUT2D eigenvalue weighted by Crippen LogP contribution is -2.29. The van der Waals surface area contributed by atoms with Gasteiger partial charge in [0, 0.05) is 29.9 Å². The summed E-state index contributed by atoms with van der Waals surface area (Å²) in [5, 5.41) is 5.59. The number of rotatable bonds is 3. The Morgan fingerprint density at radius 3 is 2.67 bits per heavy atom. The largest absolute Gasteiger partial charge is 0.272 e. The van der Waals surface area contributed by atoms with E-state index >= 15 is 0 Å². The fourth-order valence-electron chi connectivity index (χ4n) is 2.92. The Bertz CT molecular complexity index is 785. The molecule has 3 aromatic rings. The molecule has 2 heterocycles. The summed E-state index contributed by atoms with van der Waals surface area (Å²) in [6.07, 6.45) is 1.80. The molecule has 0 spiro atoms. The SMILES string of the molecule is Cc1nn(C)c(C)c1C(NN)c1cccc2ncccc12. The van der Waals surface area contributed by atoms with E-state index in [1.54, 1.807) is 6.20 Å². The van der Waals surface area contributed by atoms with Crippen LogP contribution >= 0.6 is 0 Å². The molecular weight excluding hydrogens is 262 g/mol. The van der Waals surface area contributed by atoms with Gasteiger partial charge in [-0.1, -0.05) is 18.2 Å². The molecule has 0 saturated heterocycles. The predicted octanol–water partition coefficient (Wildman–Crippen LogP) is 2.14. The minimum absolute atomic E-state index is 0.105. The summed E-state index contributed by atoms with van der Waals surface area (Å²) in [5.74, 6) is 5.87.